The molecule has 0 amide bonds. The van der Waals surface area contributed by atoms with Gasteiger partial charge in [0.05, 0.1) is 24.9 Å². The number of aliphatic hydroxyl groups is 1. The number of halogens is 1. The maximum Gasteiger partial charge on any atom is 0.122 e. The number of ether oxygens (including phenoxy) is 2. The van der Waals surface area contributed by atoms with Gasteiger partial charge in [0, 0.05) is 19.5 Å². The van der Waals surface area contributed by atoms with Crippen LogP contribution in [0.3, 0.4) is 0 Å². The lowest BCUT2D eigenvalue weighted by Gasteiger charge is -2.43. The van der Waals surface area contributed by atoms with Crippen LogP contribution in [0.2, 0.25) is 0 Å². The van der Waals surface area contributed by atoms with Crippen molar-refractivity contribution >= 4 is 12.4 Å². The predicted molar refractivity (Wildman–Crippen MR) is 98.1 cm³/mol. The van der Waals surface area contributed by atoms with Crippen molar-refractivity contribution in [2.75, 3.05) is 26.3 Å². The molecule has 1 heterocycles. The van der Waals surface area contributed by atoms with E-state index in [4.69, 9.17) is 9.47 Å². The fraction of sp³-hybridized carbons (Fsp3) is 0.684. The third kappa shape index (κ3) is 4.23. The molecule has 2 unspecified atom stereocenters. The Kier molecular flexibility index (Phi) is 7.35. The van der Waals surface area contributed by atoms with Crippen LogP contribution < -0.4 is 10.1 Å². The summed E-state index contributed by atoms with van der Waals surface area (Å²) in [4.78, 5) is 0. The van der Waals surface area contributed by atoms with Crippen LogP contribution in [-0.2, 0) is 11.2 Å². The van der Waals surface area contributed by atoms with Gasteiger partial charge in [-0.25, -0.2) is 0 Å². The standard InChI is InChI=1S/C19H29NO3.ClH/c1-2-22-17-10-6-3-7-15(17)13-19(21,16-8-4-5-9-16)18-14-20-11-12-23-18;/h3,6-7,10,16,18,20-21H,2,4-5,8-9,11-14H2,1H3;1H. The Bertz CT molecular complexity index is 501. The minimum absolute atomic E-state index is 0. The van der Waals surface area contributed by atoms with E-state index >= 15 is 0 Å². The molecule has 24 heavy (non-hydrogen) atoms. The van der Waals surface area contributed by atoms with Crippen molar-refractivity contribution in [3.05, 3.63) is 29.8 Å². The van der Waals surface area contributed by atoms with E-state index in [0.29, 0.717) is 25.6 Å². The van der Waals surface area contributed by atoms with E-state index in [1.807, 2.05) is 25.1 Å². The van der Waals surface area contributed by atoms with Crippen LogP contribution in [0.1, 0.15) is 38.2 Å². The van der Waals surface area contributed by atoms with Crippen molar-refractivity contribution in [3.63, 3.8) is 0 Å². The van der Waals surface area contributed by atoms with E-state index in [1.165, 1.54) is 12.8 Å². The minimum Gasteiger partial charge on any atom is -0.494 e. The van der Waals surface area contributed by atoms with Gasteiger partial charge in [-0.15, -0.1) is 12.4 Å². The van der Waals surface area contributed by atoms with Gasteiger partial charge in [-0.1, -0.05) is 31.0 Å². The zero-order chi connectivity index (χ0) is 16.1. The summed E-state index contributed by atoms with van der Waals surface area (Å²) in [7, 11) is 0. The maximum absolute atomic E-state index is 11.7. The highest BCUT2D eigenvalue weighted by Crippen LogP contribution is 2.40. The molecular weight excluding hydrogens is 326 g/mol. The molecule has 2 N–H and O–H groups in total. The molecule has 0 radical (unpaired) electrons. The second kappa shape index (κ2) is 9.04. The molecule has 136 valence electrons. The molecule has 1 saturated carbocycles. The fourth-order valence-electron chi connectivity index (χ4n) is 4.08. The first-order valence-electron chi connectivity index (χ1n) is 8.99. The smallest absolute Gasteiger partial charge is 0.122 e. The summed E-state index contributed by atoms with van der Waals surface area (Å²) in [5.74, 6) is 1.19. The highest BCUT2D eigenvalue weighted by atomic mass is 35.5. The van der Waals surface area contributed by atoms with Gasteiger partial charge in [-0.05, 0) is 37.3 Å². The monoisotopic (exact) mass is 355 g/mol. The summed E-state index contributed by atoms with van der Waals surface area (Å²) in [6.45, 7) is 4.90. The maximum atomic E-state index is 11.7. The lowest BCUT2D eigenvalue weighted by molar-refractivity contribution is -0.147. The van der Waals surface area contributed by atoms with E-state index in [-0.39, 0.29) is 18.5 Å². The van der Waals surface area contributed by atoms with Crippen LogP contribution in [0.15, 0.2) is 24.3 Å². The van der Waals surface area contributed by atoms with Crippen molar-refractivity contribution in [1.29, 1.82) is 0 Å². The van der Waals surface area contributed by atoms with Gasteiger partial charge in [-0.2, -0.15) is 0 Å². The Morgan fingerprint density at radius 2 is 2.04 bits per heavy atom. The Morgan fingerprint density at radius 3 is 2.71 bits per heavy atom. The first kappa shape index (κ1) is 19.5. The quantitative estimate of drug-likeness (QED) is 0.823. The van der Waals surface area contributed by atoms with Crippen molar-refractivity contribution in [2.24, 2.45) is 5.92 Å². The first-order chi connectivity index (χ1) is 11.2. The Balaban J connectivity index is 0.00000208. The van der Waals surface area contributed by atoms with Crippen LogP contribution in [-0.4, -0.2) is 43.1 Å². The average Bonchev–Trinajstić information content (AvgIpc) is 3.13. The molecule has 3 rings (SSSR count). The molecule has 1 aliphatic heterocycles. The molecule has 2 aliphatic rings. The third-order valence-corrected chi connectivity index (χ3v) is 5.29. The zero-order valence-corrected chi connectivity index (χ0v) is 15.3. The van der Waals surface area contributed by atoms with E-state index in [1.54, 1.807) is 0 Å². The molecule has 2 fully saturated rings. The van der Waals surface area contributed by atoms with Crippen molar-refractivity contribution in [1.82, 2.24) is 5.32 Å². The van der Waals surface area contributed by atoms with Crippen LogP contribution >= 0.6 is 12.4 Å². The molecule has 0 aromatic heterocycles. The van der Waals surface area contributed by atoms with Gasteiger partial charge >= 0.3 is 0 Å². The van der Waals surface area contributed by atoms with Gasteiger partial charge in [0.1, 0.15) is 5.75 Å². The SMILES string of the molecule is CCOc1ccccc1CC(O)(C1CCCC1)C1CNCCO1.Cl. The van der Waals surface area contributed by atoms with Crippen LogP contribution in [0.4, 0.5) is 0 Å². The summed E-state index contributed by atoms with van der Waals surface area (Å²) >= 11 is 0. The van der Waals surface area contributed by atoms with Crippen molar-refractivity contribution in [2.45, 2.75) is 50.7 Å². The second-order valence-electron chi connectivity index (χ2n) is 6.75. The van der Waals surface area contributed by atoms with Crippen LogP contribution in [0.25, 0.3) is 0 Å². The van der Waals surface area contributed by atoms with Gasteiger partial charge < -0.3 is 19.9 Å². The molecule has 0 spiro atoms. The summed E-state index contributed by atoms with van der Waals surface area (Å²) in [6, 6.07) is 8.07. The third-order valence-electron chi connectivity index (χ3n) is 5.29. The molecule has 1 aromatic rings. The number of hydrogen-bond donors (Lipinski definition) is 2. The largest absolute Gasteiger partial charge is 0.494 e. The van der Waals surface area contributed by atoms with Gasteiger partial charge in [0.2, 0.25) is 0 Å². The zero-order valence-electron chi connectivity index (χ0n) is 14.5. The number of para-hydroxylation sites is 1. The molecule has 1 aromatic carbocycles. The first-order valence-corrected chi connectivity index (χ1v) is 8.99. The lowest BCUT2D eigenvalue weighted by Crippen LogP contribution is -2.57. The topological polar surface area (TPSA) is 50.7 Å². The Labute approximate surface area is 151 Å². The molecule has 4 nitrogen and oxygen atoms in total. The normalized spacial score (nSPS) is 24.2. The molecular formula is C19H30ClNO3. The van der Waals surface area contributed by atoms with Gasteiger partial charge in [-0.3, -0.25) is 0 Å². The Morgan fingerprint density at radius 1 is 1.29 bits per heavy atom. The molecule has 2 atom stereocenters. The number of benzene rings is 1. The molecule has 0 bridgehead atoms. The van der Waals surface area contributed by atoms with E-state index in [0.717, 1.165) is 37.2 Å². The number of hydrogen-bond acceptors (Lipinski definition) is 4. The lowest BCUT2D eigenvalue weighted by atomic mass is 9.76. The molecule has 5 heteroatoms. The molecule has 1 saturated heterocycles. The van der Waals surface area contributed by atoms with Gasteiger partial charge in [0.15, 0.2) is 0 Å². The van der Waals surface area contributed by atoms with E-state index in [9.17, 15) is 5.11 Å². The fourth-order valence-corrected chi connectivity index (χ4v) is 4.08. The summed E-state index contributed by atoms with van der Waals surface area (Å²) in [5, 5.41) is 15.0. The highest BCUT2D eigenvalue weighted by Gasteiger charge is 2.46. The second-order valence-corrected chi connectivity index (χ2v) is 6.75. The van der Waals surface area contributed by atoms with E-state index < -0.39 is 5.60 Å². The van der Waals surface area contributed by atoms with Crippen LogP contribution in [0.5, 0.6) is 5.75 Å². The summed E-state index contributed by atoms with van der Waals surface area (Å²) in [5.41, 5.74) is 0.259. The summed E-state index contributed by atoms with van der Waals surface area (Å²) in [6.07, 6.45) is 5.05. The highest BCUT2D eigenvalue weighted by molar-refractivity contribution is 5.85. The average molecular weight is 356 g/mol. The van der Waals surface area contributed by atoms with Crippen LogP contribution in [0, 0.1) is 5.92 Å². The number of rotatable bonds is 6. The molecule has 1 aliphatic carbocycles. The van der Waals surface area contributed by atoms with Gasteiger partial charge in [0.25, 0.3) is 0 Å². The van der Waals surface area contributed by atoms with Crippen molar-refractivity contribution < 1.29 is 14.6 Å². The van der Waals surface area contributed by atoms with E-state index in [2.05, 4.69) is 11.4 Å². The van der Waals surface area contributed by atoms with Crippen molar-refractivity contribution in [3.8, 4) is 5.75 Å². The Hall–Kier alpha value is -0.810. The number of morpholine rings is 1. The minimum atomic E-state index is -0.822. The predicted octanol–water partition coefficient (Wildman–Crippen LogP) is 2.96. The summed E-state index contributed by atoms with van der Waals surface area (Å²) < 4.78 is 11.7. The number of nitrogens with one attached hydrogen (secondary N) is 1.